The van der Waals surface area contributed by atoms with Crippen LogP contribution >= 0.6 is 22.6 Å². The molecule has 0 aliphatic carbocycles. The van der Waals surface area contributed by atoms with Crippen LogP contribution in [0.3, 0.4) is 0 Å². The van der Waals surface area contributed by atoms with Gasteiger partial charge < -0.3 is 10.8 Å². The van der Waals surface area contributed by atoms with Gasteiger partial charge in [0.1, 0.15) is 11.6 Å². The minimum atomic E-state index is 0.217. The monoisotopic (exact) mass is 250 g/mol. The third kappa shape index (κ3) is 1.31. The number of pyridine rings is 1. The highest BCUT2D eigenvalue weighted by molar-refractivity contribution is 14.1. The summed E-state index contributed by atoms with van der Waals surface area (Å²) in [6, 6.07) is 1.63. The molecule has 0 spiro atoms. The molecule has 0 aliphatic rings. The van der Waals surface area contributed by atoms with Gasteiger partial charge in [-0.3, -0.25) is 0 Å². The van der Waals surface area contributed by atoms with E-state index < -0.39 is 0 Å². The Kier molecular flexibility index (Phi) is 1.98. The molecule has 1 aromatic heterocycles. The summed E-state index contributed by atoms with van der Waals surface area (Å²) in [7, 11) is 0. The van der Waals surface area contributed by atoms with E-state index in [4.69, 9.17) is 5.73 Å². The molecular formula is C6H7IN2O. The van der Waals surface area contributed by atoms with Gasteiger partial charge in [0.2, 0.25) is 0 Å². The van der Waals surface area contributed by atoms with Crippen LogP contribution in [0.1, 0.15) is 5.69 Å². The highest BCUT2D eigenvalue weighted by Gasteiger charge is 2.02. The van der Waals surface area contributed by atoms with Gasteiger partial charge in [0.25, 0.3) is 0 Å². The molecule has 3 N–H and O–H groups in total. The van der Waals surface area contributed by atoms with Gasteiger partial charge in [0, 0.05) is 0 Å². The first-order valence-corrected chi connectivity index (χ1v) is 3.80. The number of hydrogen-bond acceptors (Lipinski definition) is 3. The Labute approximate surface area is 72.4 Å². The van der Waals surface area contributed by atoms with Crippen molar-refractivity contribution < 1.29 is 5.11 Å². The van der Waals surface area contributed by atoms with Gasteiger partial charge in [0.05, 0.1) is 9.26 Å². The Morgan fingerprint density at radius 3 is 2.80 bits per heavy atom. The molecule has 0 aromatic carbocycles. The summed E-state index contributed by atoms with van der Waals surface area (Å²) < 4.78 is 0.739. The number of aryl methyl sites for hydroxylation is 1. The summed E-state index contributed by atoms with van der Waals surface area (Å²) in [6.45, 7) is 1.72. The lowest BCUT2D eigenvalue weighted by Gasteiger charge is -2.00. The number of nitrogens with two attached hydrogens (primary N) is 1. The molecule has 1 heterocycles. The van der Waals surface area contributed by atoms with Gasteiger partial charge in [-0.25, -0.2) is 4.98 Å². The first kappa shape index (κ1) is 7.59. The molecule has 0 saturated carbocycles. The Morgan fingerprint density at radius 2 is 2.30 bits per heavy atom. The minimum Gasteiger partial charge on any atom is -0.505 e. The highest BCUT2D eigenvalue weighted by Crippen LogP contribution is 2.23. The molecule has 0 radical (unpaired) electrons. The zero-order valence-electron chi connectivity index (χ0n) is 5.43. The summed E-state index contributed by atoms with van der Waals surface area (Å²) >= 11 is 2.01. The number of hydrogen-bond donors (Lipinski definition) is 2. The average molecular weight is 250 g/mol. The Bertz CT molecular complexity index is 239. The van der Waals surface area contributed by atoms with Crippen LogP contribution in [-0.2, 0) is 0 Å². The predicted molar refractivity (Wildman–Crippen MR) is 47.8 cm³/mol. The molecule has 0 amide bonds. The maximum Gasteiger partial charge on any atom is 0.150 e. The molecule has 4 heteroatoms. The maximum absolute atomic E-state index is 9.21. The van der Waals surface area contributed by atoms with Crippen molar-refractivity contribution in [2.24, 2.45) is 0 Å². The number of aromatic hydroxyl groups is 1. The van der Waals surface area contributed by atoms with Crippen molar-refractivity contribution in [2.45, 2.75) is 6.92 Å². The number of rotatable bonds is 0. The van der Waals surface area contributed by atoms with E-state index in [1.165, 1.54) is 0 Å². The Hall–Kier alpha value is -0.520. The van der Waals surface area contributed by atoms with Crippen molar-refractivity contribution >= 4 is 28.4 Å². The average Bonchev–Trinajstić information content (AvgIpc) is 1.82. The van der Waals surface area contributed by atoms with E-state index >= 15 is 0 Å². The van der Waals surface area contributed by atoms with Crippen molar-refractivity contribution in [2.75, 3.05) is 5.73 Å². The second kappa shape index (κ2) is 2.61. The Balaban J connectivity index is 3.31. The first-order valence-electron chi connectivity index (χ1n) is 2.73. The lowest BCUT2D eigenvalue weighted by Crippen LogP contribution is -1.93. The van der Waals surface area contributed by atoms with Crippen LogP contribution in [0, 0.1) is 10.5 Å². The van der Waals surface area contributed by atoms with E-state index in [1.807, 2.05) is 22.6 Å². The van der Waals surface area contributed by atoms with Gasteiger partial charge in [0.15, 0.2) is 0 Å². The van der Waals surface area contributed by atoms with Crippen LogP contribution in [0.5, 0.6) is 5.75 Å². The van der Waals surface area contributed by atoms with Gasteiger partial charge >= 0.3 is 0 Å². The predicted octanol–water partition coefficient (Wildman–Crippen LogP) is 1.28. The number of halogens is 1. The van der Waals surface area contributed by atoms with Crippen LogP contribution in [0.2, 0.25) is 0 Å². The molecule has 0 unspecified atom stereocenters. The molecule has 0 atom stereocenters. The standard InChI is InChI=1S/C6H7IN2O/c1-3-6(10)4(7)2-5(8)9-3/h2,10H,1H3,(H2,8,9). The molecule has 0 aliphatic heterocycles. The number of nitrogen functional groups attached to an aromatic ring is 1. The molecule has 0 saturated heterocycles. The summed E-state index contributed by atoms with van der Waals surface area (Å²) in [5.41, 5.74) is 5.97. The largest absolute Gasteiger partial charge is 0.505 e. The van der Waals surface area contributed by atoms with Crippen molar-refractivity contribution in [3.05, 3.63) is 15.3 Å². The van der Waals surface area contributed by atoms with Crippen LogP contribution in [-0.4, -0.2) is 10.1 Å². The van der Waals surface area contributed by atoms with Crippen molar-refractivity contribution in [3.8, 4) is 5.75 Å². The van der Waals surface area contributed by atoms with E-state index in [1.54, 1.807) is 13.0 Å². The van der Waals surface area contributed by atoms with E-state index in [2.05, 4.69) is 4.98 Å². The summed E-state index contributed by atoms with van der Waals surface area (Å²) in [6.07, 6.45) is 0. The number of nitrogens with zero attached hydrogens (tertiary/aromatic N) is 1. The molecule has 54 valence electrons. The van der Waals surface area contributed by atoms with E-state index in [0.717, 1.165) is 3.57 Å². The van der Waals surface area contributed by atoms with E-state index in [-0.39, 0.29) is 5.75 Å². The van der Waals surface area contributed by atoms with Crippen molar-refractivity contribution in [3.63, 3.8) is 0 Å². The van der Waals surface area contributed by atoms with Crippen molar-refractivity contribution in [1.29, 1.82) is 0 Å². The van der Waals surface area contributed by atoms with E-state index in [9.17, 15) is 5.11 Å². The zero-order valence-corrected chi connectivity index (χ0v) is 7.58. The van der Waals surface area contributed by atoms with Crippen molar-refractivity contribution in [1.82, 2.24) is 4.98 Å². The number of aromatic nitrogens is 1. The van der Waals surface area contributed by atoms with Crippen LogP contribution in [0.4, 0.5) is 5.82 Å². The highest BCUT2D eigenvalue weighted by atomic mass is 127. The fourth-order valence-corrected chi connectivity index (χ4v) is 1.36. The first-order chi connectivity index (χ1) is 4.61. The molecule has 0 fully saturated rings. The second-order valence-corrected chi connectivity index (χ2v) is 3.13. The second-order valence-electron chi connectivity index (χ2n) is 1.96. The number of anilines is 1. The SMILES string of the molecule is Cc1nc(N)cc(I)c1O. The fraction of sp³-hybridized carbons (Fsp3) is 0.167. The van der Waals surface area contributed by atoms with Gasteiger partial charge in [-0.2, -0.15) is 0 Å². The summed E-state index contributed by atoms with van der Waals surface area (Å²) in [4.78, 5) is 3.86. The zero-order chi connectivity index (χ0) is 7.72. The van der Waals surface area contributed by atoms with Crippen LogP contribution in [0.25, 0.3) is 0 Å². The molecule has 3 nitrogen and oxygen atoms in total. The topological polar surface area (TPSA) is 59.1 Å². The van der Waals surface area contributed by atoms with E-state index in [0.29, 0.717) is 11.5 Å². The fourth-order valence-electron chi connectivity index (χ4n) is 0.650. The summed E-state index contributed by atoms with van der Waals surface area (Å²) in [5.74, 6) is 0.662. The lowest BCUT2D eigenvalue weighted by molar-refractivity contribution is 0.464. The Morgan fingerprint density at radius 1 is 1.70 bits per heavy atom. The molecule has 1 rings (SSSR count). The molecule has 1 aromatic rings. The van der Waals surface area contributed by atoms with Gasteiger partial charge in [-0.15, -0.1) is 0 Å². The quantitative estimate of drug-likeness (QED) is 0.682. The normalized spacial score (nSPS) is 9.80. The molecule has 0 bridgehead atoms. The third-order valence-corrected chi connectivity index (χ3v) is 1.96. The third-order valence-electron chi connectivity index (χ3n) is 1.14. The summed E-state index contributed by atoms with van der Waals surface area (Å²) in [5, 5.41) is 9.21. The smallest absolute Gasteiger partial charge is 0.150 e. The van der Waals surface area contributed by atoms with Crippen LogP contribution in [0.15, 0.2) is 6.07 Å². The van der Waals surface area contributed by atoms with Crippen LogP contribution < -0.4 is 5.73 Å². The maximum atomic E-state index is 9.21. The lowest BCUT2D eigenvalue weighted by atomic mass is 10.3. The minimum absolute atomic E-state index is 0.217. The van der Waals surface area contributed by atoms with Gasteiger partial charge in [-0.05, 0) is 35.6 Å². The molecule has 10 heavy (non-hydrogen) atoms. The van der Waals surface area contributed by atoms with Gasteiger partial charge in [-0.1, -0.05) is 0 Å². The molecular weight excluding hydrogens is 243 g/mol.